The van der Waals surface area contributed by atoms with Crippen molar-refractivity contribution in [2.45, 2.75) is 42.3 Å². The van der Waals surface area contributed by atoms with E-state index in [0.717, 1.165) is 35.9 Å². The zero-order valence-electron chi connectivity index (χ0n) is 13.1. The molecule has 1 amide bonds. The third-order valence-electron chi connectivity index (χ3n) is 4.62. The first-order chi connectivity index (χ1) is 11.7. The number of nitrogens with zero attached hydrogens (tertiary/aromatic N) is 4. The third-order valence-corrected chi connectivity index (χ3v) is 5.81. The minimum atomic E-state index is 0.0191. The topological polar surface area (TPSA) is 72.7 Å². The maximum Gasteiger partial charge on any atom is 0.230 e. The van der Waals surface area contributed by atoms with Gasteiger partial charge in [-0.25, -0.2) is 4.68 Å². The van der Waals surface area contributed by atoms with Crippen molar-refractivity contribution >= 4 is 29.3 Å². The van der Waals surface area contributed by atoms with E-state index in [9.17, 15) is 4.79 Å². The predicted molar refractivity (Wildman–Crippen MR) is 92.2 cm³/mol. The van der Waals surface area contributed by atoms with E-state index in [2.05, 4.69) is 33.0 Å². The first-order valence-electron chi connectivity index (χ1n) is 8.10. The first kappa shape index (κ1) is 15.9. The fourth-order valence-corrected chi connectivity index (χ4v) is 3.70. The minimum Gasteiger partial charge on any atom is -0.354 e. The number of halogens is 1. The van der Waals surface area contributed by atoms with Crippen LogP contribution in [0.3, 0.4) is 0 Å². The van der Waals surface area contributed by atoms with E-state index in [1.807, 2.05) is 16.8 Å². The van der Waals surface area contributed by atoms with Crippen molar-refractivity contribution in [3.8, 4) is 0 Å². The molecule has 4 rings (SSSR count). The van der Waals surface area contributed by atoms with Crippen LogP contribution in [0.15, 0.2) is 29.4 Å². The molecular weight excluding hydrogens is 346 g/mol. The van der Waals surface area contributed by atoms with Crippen molar-refractivity contribution in [3.05, 3.63) is 34.9 Å². The Kier molecular flexibility index (Phi) is 4.22. The van der Waals surface area contributed by atoms with Gasteiger partial charge in [0.25, 0.3) is 0 Å². The van der Waals surface area contributed by atoms with E-state index in [4.69, 9.17) is 11.6 Å². The number of benzene rings is 1. The van der Waals surface area contributed by atoms with Crippen LogP contribution in [0, 0.1) is 0 Å². The number of nitrogens with one attached hydrogen (secondary N) is 1. The number of thioether (sulfide) groups is 1. The molecule has 1 aromatic heterocycles. The van der Waals surface area contributed by atoms with Gasteiger partial charge < -0.3 is 5.32 Å². The fraction of sp³-hybridized carbons (Fsp3) is 0.500. The Hall–Kier alpha value is -1.60. The summed E-state index contributed by atoms with van der Waals surface area (Å²) in [6.07, 6.45) is 4.44. The highest BCUT2D eigenvalue weighted by molar-refractivity contribution is 7.99. The molecule has 6 nitrogen and oxygen atoms in total. The zero-order chi connectivity index (χ0) is 16.6. The van der Waals surface area contributed by atoms with Gasteiger partial charge in [-0.2, -0.15) is 0 Å². The molecule has 2 aromatic rings. The molecule has 1 heterocycles. The van der Waals surface area contributed by atoms with Gasteiger partial charge in [0.15, 0.2) is 0 Å². The minimum absolute atomic E-state index is 0.0191. The standard InChI is InChI=1S/C16H18ClN5OS/c17-12-3-1-11(2-4-12)16(7-8-16)10-18-14(23)9-24-15-19-20-21-22(15)13-5-6-13/h1-4,13H,5-10H2,(H,18,23). The summed E-state index contributed by atoms with van der Waals surface area (Å²) in [7, 11) is 0. The van der Waals surface area contributed by atoms with Crippen molar-refractivity contribution in [2.75, 3.05) is 12.3 Å². The van der Waals surface area contributed by atoms with Gasteiger partial charge in [0, 0.05) is 17.0 Å². The monoisotopic (exact) mass is 363 g/mol. The predicted octanol–water partition coefficient (Wildman–Crippen LogP) is 2.60. The number of tetrazole rings is 1. The largest absolute Gasteiger partial charge is 0.354 e. The van der Waals surface area contributed by atoms with Crippen LogP contribution in [-0.4, -0.2) is 38.4 Å². The Bertz CT molecular complexity index is 739. The molecule has 0 aliphatic heterocycles. The number of aromatic nitrogens is 4. The Morgan fingerprint density at radius 1 is 1.33 bits per heavy atom. The molecule has 0 unspecified atom stereocenters. The summed E-state index contributed by atoms with van der Waals surface area (Å²) < 4.78 is 1.83. The van der Waals surface area contributed by atoms with E-state index < -0.39 is 0 Å². The molecule has 0 radical (unpaired) electrons. The van der Waals surface area contributed by atoms with Gasteiger partial charge in [0.1, 0.15) is 0 Å². The van der Waals surface area contributed by atoms with Crippen molar-refractivity contribution in [1.29, 1.82) is 0 Å². The number of carbonyl (C=O) groups is 1. The van der Waals surface area contributed by atoms with Crippen LogP contribution in [0.4, 0.5) is 0 Å². The second-order valence-corrected chi connectivity index (χ2v) is 7.87. The second kappa shape index (κ2) is 6.37. The molecule has 0 bridgehead atoms. The molecule has 2 aliphatic rings. The van der Waals surface area contributed by atoms with Crippen LogP contribution in [0.2, 0.25) is 5.02 Å². The molecule has 0 atom stereocenters. The molecule has 0 saturated heterocycles. The van der Waals surface area contributed by atoms with E-state index in [1.54, 1.807) is 0 Å². The summed E-state index contributed by atoms with van der Waals surface area (Å²) in [6, 6.07) is 8.35. The van der Waals surface area contributed by atoms with Gasteiger partial charge in [-0.15, -0.1) is 5.10 Å². The fourth-order valence-electron chi connectivity index (χ4n) is 2.80. The zero-order valence-corrected chi connectivity index (χ0v) is 14.7. The highest BCUT2D eigenvalue weighted by Crippen LogP contribution is 2.47. The van der Waals surface area contributed by atoms with Crippen LogP contribution in [0.1, 0.15) is 37.3 Å². The van der Waals surface area contributed by atoms with Crippen LogP contribution >= 0.6 is 23.4 Å². The molecule has 2 fully saturated rings. The SMILES string of the molecule is O=C(CSc1nnnn1C1CC1)NCC1(c2ccc(Cl)cc2)CC1. The highest BCUT2D eigenvalue weighted by atomic mass is 35.5. The maximum atomic E-state index is 12.2. The quantitative estimate of drug-likeness (QED) is 0.765. The van der Waals surface area contributed by atoms with Crippen LogP contribution in [-0.2, 0) is 10.2 Å². The number of rotatable bonds is 7. The Morgan fingerprint density at radius 3 is 2.75 bits per heavy atom. The average molecular weight is 364 g/mol. The van der Waals surface area contributed by atoms with Crippen molar-refractivity contribution in [2.24, 2.45) is 0 Å². The molecule has 8 heteroatoms. The average Bonchev–Trinajstić information content (AvgIpc) is 3.51. The summed E-state index contributed by atoms with van der Waals surface area (Å²) in [5.41, 5.74) is 1.33. The molecular formula is C16H18ClN5OS. The Balaban J connectivity index is 1.29. The van der Waals surface area contributed by atoms with Crippen molar-refractivity contribution in [1.82, 2.24) is 25.5 Å². The second-order valence-electron chi connectivity index (χ2n) is 6.49. The van der Waals surface area contributed by atoms with Gasteiger partial charge >= 0.3 is 0 Å². The molecule has 1 aromatic carbocycles. The van der Waals surface area contributed by atoms with Crippen molar-refractivity contribution in [3.63, 3.8) is 0 Å². The van der Waals surface area contributed by atoms with Gasteiger partial charge in [-0.3, -0.25) is 4.79 Å². The summed E-state index contributed by atoms with van der Waals surface area (Å²) in [6.45, 7) is 0.668. The number of hydrogen-bond donors (Lipinski definition) is 1. The first-order valence-corrected chi connectivity index (χ1v) is 9.46. The van der Waals surface area contributed by atoms with Crippen LogP contribution in [0.25, 0.3) is 0 Å². The van der Waals surface area contributed by atoms with Gasteiger partial charge in [-0.05, 0) is 53.8 Å². The highest BCUT2D eigenvalue weighted by Gasteiger charge is 2.44. The molecule has 24 heavy (non-hydrogen) atoms. The van der Waals surface area contributed by atoms with Gasteiger partial charge in [-0.1, -0.05) is 35.5 Å². The molecule has 1 N–H and O–H groups in total. The molecule has 2 saturated carbocycles. The summed E-state index contributed by atoms with van der Waals surface area (Å²) in [5.74, 6) is 0.356. The summed E-state index contributed by atoms with van der Waals surface area (Å²) >= 11 is 7.34. The van der Waals surface area contributed by atoms with Crippen molar-refractivity contribution < 1.29 is 4.79 Å². The van der Waals surface area contributed by atoms with E-state index in [1.165, 1.54) is 17.3 Å². The lowest BCUT2D eigenvalue weighted by atomic mass is 9.96. The maximum absolute atomic E-state index is 12.2. The van der Waals surface area contributed by atoms with Crippen LogP contribution < -0.4 is 5.32 Å². The lowest BCUT2D eigenvalue weighted by Crippen LogP contribution is -2.33. The summed E-state index contributed by atoms with van der Waals surface area (Å²) in [4.78, 5) is 12.2. The third kappa shape index (κ3) is 3.42. The van der Waals surface area contributed by atoms with Crippen LogP contribution in [0.5, 0.6) is 0 Å². The van der Waals surface area contributed by atoms with Gasteiger partial charge in [0.2, 0.25) is 11.1 Å². The molecule has 2 aliphatic carbocycles. The number of amides is 1. The van der Waals surface area contributed by atoms with E-state index in [-0.39, 0.29) is 11.3 Å². The Morgan fingerprint density at radius 2 is 2.08 bits per heavy atom. The normalized spacial score (nSPS) is 18.4. The number of hydrogen-bond acceptors (Lipinski definition) is 5. The summed E-state index contributed by atoms with van der Waals surface area (Å²) in [5, 5.41) is 16.2. The number of carbonyl (C=O) groups excluding carboxylic acids is 1. The lowest BCUT2D eigenvalue weighted by Gasteiger charge is -2.16. The molecule has 126 valence electrons. The van der Waals surface area contributed by atoms with E-state index in [0.29, 0.717) is 18.3 Å². The lowest BCUT2D eigenvalue weighted by molar-refractivity contribution is -0.118. The Labute approximate surface area is 149 Å². The van der Waals surface area contributed by atoms with Gasteiger partial charge in [0.05, 0.1) is 11.8 Å². The van der Waals surface area contributed by atoms with E-state index >= 15 is 0 Å². The molecule has 0 spiro atoms. The smallest absolute Gasteiger partial charge is 0.230 e.